The standard InChI is InChI=1S/C15H24FN/c1-11(2)10-17-8-7-13(4)15-9-14(16)6-5-12(15)3/h5-6,9,11,13,17H,7-8,10H2,1-4H3. The summed E-state index contributed by atoms with van der Waals surface area (Å²) in [5.41, 5.74) is 2.32. The van der Waals surface area contributed by atoms with Crippen LogP contribution in [-0.2, 0) is 0 Å². The normalized spacial score (nSPS) is 13.1. The quantitative estimate of drug-likeness (QED) is 0.740. The van der Waals surface area contributed by atoms with Gasteiger partial charge in [-0.15, -0.1) is 0 Å². The van der Waals surface area contributed by atoms with E-state index in [1.807, 2.05) is 13.0 Å². The molecule has 17 heavy (non-hydrogen) atoms. The Morgan fingerprint density at radius 2 is 1.94 bits per heavy atom. The van der Waals surface area contributed by atoms with E-state index in [9.17, 15) is 4.39 Å². The lowest BCUT2D eigenvalue weighted by molar-refractivity contribution is 0.523. The van der Waals surface area contributed by atoms with Crippen LogP contribution in [0.5, 0.6) is 0 Å². The van der Waals surface area contributed by atoms with Crippen molar-refractivity contribution in [2.24, 2.45) is 5.92 Å². The van der Waals surface area contributed by atoms with Gasteiger partial charge in [-0.25, -0.2) is 4.39 Å². The Morgan fingerprint density at radius 3 is 2.59 bits per heavy atom. The molecule has 1 atom stereocenters. The monoisotopic (exact) mass is 237 g/mol. The van der Waals surface area contributed by atoms with Crippen LogP contribution in [0.2, 0.25) is 0 Å². The summed E-state index contributed by atoms with van der Waals surface area (Å²) >= 11 is 0. The first-order valence-electron chi connectivity index (χ1n) is 6.47. The molecule has 96 valence electrons. The van der Waals surface area contributed by atoms with E-state index in [2.05, 4.69) is 26.1 Å². The van der Waals surface area contributed by atoms with Crippen molar-refractivity contribution in [3.05, 3.63) is 35.1 Å². The highest BCUT2D eigenvalue weighted by Gasteiger charge is 2.09. The maximum atomic E-state index is 13.2. The Morgan fingerprint density at radius 1 is 1.24 bits per heavy atom. The Hall–Kier alpha value is -0.890. The molecule has 0 fully saturated rings. The molecule has 0 bridgehead atoms. The third kappa shape index (κ3) is 4.86. The van der Waals surface area contributed by atoms with Gasteiger partial charge in [0.05, 0.1) is 0 Å². The molecule has 0 amide bonds. The van der Waals surface area contributed by atoms with Gasteiger partial charge in [0.2, 0.25) is 0 Å². The van der Waals surface area contributed by atoms with E-state index in [1.54, 1.807) is 6.07 Å². The summed E-state index contributed by atoms with van der Waals surface area (Å²) in [5, 5.41) is 3.43. The average molecular weight is 237 g/mol. The van der Waals surface area contributed by atoms with Crippen molar-refractivity contribution in [3.8, 4) is 0 Å². The number of aryl methyl sites for hydroxylation is 1. The lowest BCUT2D eigenvalue weighted by atomic mass is 9.93. The highest BCUT2D eigenvalue weighted by Crippen LogP contribution is 2.23. The lowest BCUT2D eigenvalue weighted by Gasteiger charge is -2.15. The van der Waals surface area contributed by atoms with E-state index in [0.29, 0.717) is 11.8 Å². The van der Waals surface area contributed by atoms with Crippen LogP contribution in [-0.4, -0.2) is 13.1 Å². The second-order valence-corrected chi connectivity index (χ2v) is 5.29. The van der Waals surface area contributed by atoms with Gasteiger partial charge in [0, 0.05) is 0 Å². The zero-order valence-corrected chi connectivity index (χ0v) is 11.4. The summed E-state index contributed by atoms with van der Waals surface area (Å²) in [7, 11) is 0. The van der Waals surface area contributed by atoms with Crippen molar-refractivity contribution in [2.45, 2.75) is 40.0 Å². The molecule has 0 radical (unpaired) electrons. The zero-order chi connectivity index (χ0) is 12.8. The Kier molecular flexibility index (Phi) is 5.63. The number of hydrogen-bond acceptors (Lipinski definition) is 1. The molecule has 1 unspecified atom stereocenters. The van der Waals surface area contributed by atoms with Crippen molar-refractivity contribution >= 4 is 0 Å². The molecule has 0 aliphatic rings. The molecule has 1 aromatic carbocycles. The molecule has 0 saturated carbocycles. The van der Waals surface area contributed by atoms with Crippen LogP contribution < -0.4 is 5.32 Å². The molecule has 0 aliphatic heterocycles. The van der Waals surface area contributed by atoms with Crippen molar-refractivity contribution in [1.82, 2.24) is 5.32 Å². The average Bonchev–Trinajstić information content (AvgIpc) is 2.27. The van der Waals surface area contributed by atoms with Crippen molar-refractivity contribution in [2.75, 3.05) is 13.1 Å². The van der Waals surface area contributed by atoms with E-state index in [-0.39, 0.29) is 5.82 Å². The molecular formula is C15H24FN. The Labute approximate surface area is 104 Å². The molecule has 0 aromatic heterocycles. The minimum Gasteiger partial charge on any atom is -0.316 e. The fraction of sp³-hybridized carbons (Fsp3) is 0.600. The van der Waals surface area contributed by atoms with Gasteiger partial charge in [-0.3, -0.25) is 0 Å². The molecule has 0 heterocycles. The van der Waals surface area contributed by atoms with Crippen LogP contribution in [0.15, 0.2) is 18.2 Å². The van der Waals surface area contributed by atoms with Crippen molar-refractivity contribution < 1.29 is 4.39 Å². The minimum atomic E-state index is -0.132. The van der Waals surface area contributed by atoms with Crippen LogP contribution >= 0.6 is 0 Å². The second kappa shape index (κ2) is 6.75. The molecule has 0 saturated heterocycles. The number of nitrogens with one attached hydrogen (secondary N) is 1. The predicted molar refractivity (Wildman–Crippen MR) is 71.9 cm³/mol. The van der Waals surface area contributed by atoms with Crippen LogP contribution in [0.1, 0.15) is 44.2 Å². The topological polar surface area (TPSA) is 12.0 Å². The first-order valence-corrected chi connectivity index (χ1v) is 6.47. The zero-order valence-electron chi connectivity index (χ0n) is 11.4. The molecule has 1 N–H and O–H groups in total. The first kappa shape index (κ1) is 14.2. The fourth-order valence-corrected chi connectivity index (χ4v) is 2.01. The van der Waals surface area contributed by atoms with Gasteiger partial charge in [-0.1, -0.05) is 26.8 Å². The predicted octanol–water partition coefficient (Wildman–Crippen LogP) is 3.87. The van der Waals surface area contributed by atoms with Crippen LogP contribution in [0.4, 0.5) is 4.39 Å². The largest absolute Gasteiger partial charge is 0.316 e. The van der Waals surface area contributed by atoms with Gasteiger partial charge in [0.1, 0.15) is 5.82 Å². The van der Waals surface area contributed by atoms with Crippen LogP contribution in [0.3, 0.4) is 0 Å². The highest BCUT2D eigenvalue weighted by atomic mass is 19.1. The Bertz CT molecular complexity index is 347. The Balaban J connectivity index is 2.46. The summed E-state index contributed by atoms with van der Waals surface area (Å²) in [6.45, 7) is 10.7. The van der Waals surface area contributed by atoms with E-state index in [1.165, 1.54) is 11.6 Å². The van der Waals surface area contributed by atoms with E-state index in [0.717, 1.165) is 25.1 Å². The number of benzene rings is 1. The van der Waals surface area contributed by atoms with Gasteiger partial charge >= 0.3 is 0 Å². The maximum Gasteiger partial charge on any atom is 0.123 e. The summed E-state index contributed by atoms with van der Waals surface area (Å²) in [4.78, 5) is 0. The fourth-order valence-electron chi connectivity index (χ4n) is 2.01. The smallest absolute Gasteiger partial charge is 0.123 e. The maximum absolute atomic E-state index is 13.2. The third-order valence-corrected chi connectivity index (χ3v) is 3.08. The molecule has 1 nitrogen and oxygen atoms in total. The van der Waals surface area contributed by atoms with Crippen molar-refractivity contribution in [1.29, 1.82) is 0 Å². The van der Waals surface area contributed by atoms with Gasteiger partial charge < -0.3 is 5.32 Å². The summed E-state index contributed by atoms with van der Waals surface area (Å²) in [6.07, 6.45) is 1.05. The molecule has 0 aliphatic carbocycles. The van der Waals surface area contributed by atoms with E-state index < -0.39 is 0 Å². The number of hydrogen-bond donors (Lipinski definition) is 1. The van der Waals surface area contributed by atoms with Gasteiger partial charge in [0.15, 0.2) is 0 Å². The lowest BCUT2D eigenvalue weighted by Crippen LogP contribution is -2.22. The third-order valence-electron chi connectivity index (χ3n) is 3.08. The second-order valence-electron chi connectivity index (χ2n) is 5.29. The minimum absolute atomic E-state index is 0.132. The van der Waals surface area contributed by atoms with Gasteiger partial charge in [0.25, 0.3) is 0 Å². The molecule has 2 heteroatoms. The highest BCUT2D eigenvalue weighted by molar-refractivity contribution is 5.29. The SMILES string of the molecule is Cc1ccc(F)cc1C(C)CCNCC(C)C. The van der Waals surface area contributed by atoms with E-state index >= 15 is 0 Å². The number of halogens is 1. The van der Waals surface area contributed by atoms with Crippen LogP contribution in [0.25, 0.3) is 0 Å². The van der Waals surface area contributed by atoms with E-state index in [4.69, 9.17) is 0 Å². The van der Waals surface area contributed by atoms with Gasteiger partial charge in [-0.05, 0) is 61.5 Å². The molecular weight excluding hydrogens is 213 g/mol. The molecule has 1 aromatic rings. The van der Waals surface area contributed by atoms with Crippen molar-refractivity contribution in [3.63, 3.8) is 0 Å². The number of rotatable bonds is 6. The van der Waals surface area contributed by atoms with Gasteiger partial charge in [-0.2, -0.15) is 0 Å². The summed E-state index contributed by atoms with van der Waals surface area (Å²) in [5.74, 6) is 0.958. The summed E-state index contributed by atoms with van der Waals surface area (Å²) < 4.78 is 13.2. The summed E-state index contributed by atoms with van der Waals surface area (Å²) in [6, 6.07) is 5.06. The molecule has 1 rings (SSSR count). The van der Waals surface area contributed by atoms with Crippen LogP contribution in [0, 0.1) is 18.7 Å². The molecule has 0 spiro atoms. The first-order chi connectivity index (χ1) is 8.00.